The number of rotatable bonds is 3. The second-order valence-electron chi connectivity index (χ2n) is 2.70. The minimum absolute atomic E-state index is 0.207. The molecule has 1 rings (SSSR count). The van der Waals surface area contributed by atoms with E-state index in [2.05, 4.69) is 23.1 Å². The first-order chi connectivity index (χ1) is 6.74. The number of nitrogens with one attached hydrogen (secondary N) is 1. The number of aromatic nitrogens is 1. The highest BCUT2D eigenvalue weighted by atomic mass is 32.1. The standard InChI is InChI=1S/C9H13N3OS/c1-2-12(14)9(13)11-7-8-5-3-4-6-10-8/h3-6,14H,2,7H2,1H3,(H,11,13). The first kappa shape index (κ1) is 10.8. The third kappa shape index (κ3) is 3.26. The number of hydrogen-bond donors (Lipinski definition) is 2. The molecule has 0 radical (unpaired) electrons. The van der Waals surface area contributed by atoms with Crippen LogP contribution in [0, 0.1) is 0 Å². The molecule has 76 valence electrons. The van der Waals surface area contributed by atoms with Crippen LogP contribution in [-0.4, -0.2) is 21.9 Å². The van der Waals surface area contributed by atoms with Gasteiger partial charge in [-0.1, -0.05) is 18.9 Å². The summed E-state index contributed by atoms with van der Waals surface area (Å²) in [5.74, 6) is 0. The van der Waals surface area contributed by atoms with Crippen molar-refractivity contribution < 1.29 is 4.79 Å². The fourth-order valence-electron chi connectivity index (χ4n) is 0.904. The van der Waals surface area contributed by atoms with Gasteiger partial charge in [0.2, 0.25) is 0 Å². The van der Waals surface area contributed by atoms with Crippen molar-refractivity contribution in [2.24, 2.45) is 0 Å². The molecule has 0 aliphatic carbocycles. The molecule has 0 bridgehead atoms. The Labute approximate surface area is 88.9 Å². The van der Waals surface area contributed by atoms with Crippen LogP contribution in [0.15, 0.2) is 24.4 Å². The summed E-state index contributed by atoms with van der Waals surface area (Å²) >= 11 is 3.97. The van der Waals surface area contributed by atoms with E-state index in [1.165, 1.54) is 4.31 Å². The van der Waals surface area contributed by atoms with E-state index in [0.29, 0.717) is 13.1 Å². The predicted molar refractivity (Wildman–Crippen MR) is 57.8 cm³/mol. The minimum atomic E-state index is -0.207. The fourth-order valence-corrected chi connectivity index (χ4v) is 0.974. The van der Waals surface area contributed by atoms with Crippen molar-refractivity contribution in [3.05, 3.63) is 30.1 Å². The molecule has 0 saturated heterocycles. The molecule has 0 unspecified atom stereocenters. The summed E-state index contributed by atoms with van der Waals surface area (Å²) in [5, 5.41) is 2.70. The molecule has 2 amide bonds. The highest BCUT2D eigenvalue weighted by Gasteiger charge is 2.05. The topological polar surface area (TPSA) is 45.2 Å². The maximum absolute atomic E-state index is 11.3. The van der Waals surface area contributed by atoms with Gasteiger partial charge >= 0.3 is 6.03 Å². The van der Waals surface area contributed by atoms with Gasteiger partial charge in [0.25, 0.3) is 0 Å². The third-order valence-electron chi connectivity index (χ3n) is 1.68. The normalized spacial score (nSPS) is 9.57. The lowest BCUT2D eigenvalue weighted by Crippen LogP contribution is -2.33. The minimum Gasteiger partial charge on any atom is -0.332 e. The predicted octanol–water partition coefficient (Wildman–Crippen LogP) is 1.46. The number of urea groups is 1. The summed E-state index contributed by atoms with van der Waals surface area (Å²) in [4.78, 5) is 15.3. The van der Waals surface area contributed by atoms with E-state index >= 15 is 0 Å². The molecular formula is C9H13N3OS. The van der Waals surface area contributed by atoms with Crippen LogP contribution in [0.3, 0.4) is 0 Å². The number of carbonyl (C=O) groups excluding carboxylic acids is 1. The largest absolute Gasteiger partial charge is 0.332 e. The van der Waals surface area contributed by atoms with Gasteiger partial charge in [-0.25, -0.2) is 4.79 Å². The number of hydrogen-bond acceptors (Lipinski definition) is 3. The summed E-state index contributed by atoms with van der Waals surface area (Å²) in [6.45, 7) is 2.85. The smallest absolute Gasteiger partial charge is 0.327 e. The summed E-state index contributed by atoms with van der Waals surface area (Å²) in [7, 11) is 0. The maximum atomic E-state index is 11.3. The zero-order valence-corrected chi connectivity index (χ0v) is 8.87. The van der Waals surface area contributed by atoms with Crippen molar-refractivity contribution in [3.63, 3.8) is 0 Å². The van der Waals surface area contributed by atoms with Crippen LogP contribution in [-0.2, 0) is 6.54 Å². The highest BCUT2D eigenvalue weighted by Crippen LogP contribution is 1.95. The van der Waals surface area contributed by atoms with Crippen LogP contribution >= 0.6 is 12.8 Å². The van der Waals surface area contributed by atoms with Gasteiger partial charge in [-0.2, -0.15) is 0 Å². The van der Waals surface area contributed by atoms with E-state index < -0.39 is 0 Å². The van der Waals surface area contributed by atoms with Crippen LogP contribution in [0.5, 0.6) is 0 Å². The van der Waals surface area contributed by atoms with Gasteiger partial charge in [0.1, 0.15) is 0 Å². The lowest BCUT2D eigenvalue weighted by molar-refractivity contribution is 0.227. The summed E-state index contributed by atoms with van der Waals surface area (Å²) < 4.78 is 1.31. The second kappa shape index (κ2) is 5.49. The Morgan fingerprint density at radius 3 is 3.00 bits per heavy atom. The number of thiol groups is 1. The van der Waals surface area contributed by atoms with Crippen molar-refractivity contribution in [2.75, 3.05) is 6.54 Å². The lowest BCUT2D eigenvalue weighted by Gasteiger charge is -2.13. The van der Waals surface area contributed by atoms with E-state index in [4.69, 9.17) is 0 Å². The van der Waals surface area contributed by atoms with E-state index in [1.807, 2.05) is 25.1 Å². The molecular weight excluding hydrogens is 198 g/mol. The molecule has 1 N–H and O–H groups in total. The zero-order valence-electron chi connectivity index (χ0n) is 7.97. The number of carbonyl (C=O) groups is 1. The van der Waals surface area contributed by atoms with Crippen molar-refractivity contribution in [2.45, 2.75) is 13.5 Å². The van der Waals surface area contributed by atoms with E-state index in [9.17, 15) is 4.79 Å². The Morgan fingerprint density at radius 1 is 1.64 bits per heavy atom. The van der Waals surface area contributed by atoms with Gasteiger partial charge in [-0.3, -0.25) is 9.29 Å². The quantitative estimate of drug-likeness (QED) is 0.743. The summed E-state index contributed by atoms with van der Waals surface area (Å²) in [6, 6.07) is 5.37. The highest BCUT2D eigenvalue weighted by molar-refractivity contribution is 7.78. The molecule has 1 aromatic rings. The molecule has 0 saturated carbocycles. The zero-order chi connectivity index (χ0) is 10.4. The molecule has 0 fully saturated rings. The monoisotopic (exact) mass is 211 g/mol. The summed E-state index contributed by atoms with van der Waals surface area (Å²) in [5.41, 5.74) is 0.832. The SMILES string of the molecule is CCN(S)C(=O)NCc1ccccn1. The van der Waals surface area contributed by atoms with Gasteiger partial charge in [0.15, 0.2) is 0 Å². The number of pyridine rings is 1. The van der Waals surface area contributed by atoms with Crippen LogP contribution in [0.2, 0.25) is 0 Å². The van der Waals surface area contributed by atoms with Crippen molar-refractivity contribution in [3.8, 4) is 0 Å². The molecule has 0 aliphatic heterocycles. The Balaban J connectivity index is 2.38. The molecule has 4 nitrogen and oxygen atoms in total. The second-order valence-corrected chi connectivity index (χ2v) is 3.18. The van der Waals surface area contributed by atoms with Crippen LogP contribution < -0.4 is 5.32 Å². The van der Waals surface area contributed by atoms with Crippen molar-refractivity contribution >= 4 is 18.8 Å². The Morgan fingerprint density at radius 2 is 2.43 bits per heavy atom. The molecule has 14 heavy (non-hydrogen) atoms. The van der Waals surface area contributed by atoms with Crippen LogP contribution in [0.1, 0.15) is 12.6 Å². The van der Waals surface area contributed by atoms with Crippen LogP contribution in [0.4, 0.5) is 4.79 Å². The maximum Gasteiger partial charge on any atom is 0.327 e. The Kier molecular flexibility index (Phi) is 4.25. The fraction of sp³-hybridized carbons (Fsp3) is 0.333. The molecule has 0 atom stereocenters. The van der Waals surface area contributed by atoms with Gasteiger partial charge in [-0.05, 0) is 19.1 Å². The van der Waals surface area contributed by atoms with Gasteiger partial charge in [-0.15, -0.1) is 0 Å². The van der Waals surface area contributed by atoms with Gasteiger partial charge < -0.3 is 5.32 Å². The van der Waals surface area contributed by atoms with Gasteiger partial charge in [0, 0.05) is 12.7 Å². The molecule has 1 aromatic heterocycles. The number of amides is 2. The van der Waals surface area contributed by atoms with Crippen molar-refractivity contribution in [1.82, 2.24) is 14.6 Å². The molecule has 0 spiro atoms. The number of nitrogens with zero attached hydrogens (tertiary/aromatic N) is 2. The van der Waals surface area contributed by atoms with E-state index in [-0.39, 0.29) is 6.03 Å². The average Bonchev–Trinajstić information content (AvgIpc) is 2.26. The Bertz CT molecular complexity index is 291. The third-order valence-corrected chi connectivity index (χ3v) is 2.15. The Hall–Kier alpha value is -1.23. The first-order valence-electron chi connectivity index (χ1n) is 4.38. The molecule has 1 heterocycles. The first-order valence-corrected chi connectivity index (χ1v) is 4.78. The van der Waals surface area contributed by atoms with E-state index in [1.54, 1.807) is 6.20 Å². The molecule has 5 heteroatoms. The van der Waals surface area contributed by atoms with E-state index in [0.717, 1.165) is 5.69 Å². The molecule has 0 aromatic carbocycles. The van der Waals surface area contributed by atoms with Crippen LogP contribution in [0.25, 0.3) is 0 Å². The van der Waals surface area contributed by atoms with Gasteiger partial charge in [0.05, 0.1) is 12.2 Å². The molecule has 0 aliphatic rings. The van der Waals surface area contributed by atoms with Crippen molar-refractivity contribution in [1.29, 1.82) is 0 Å². The lowest BCUT2D eigenvalue weighted by atomic mass is 10.3. The summed E-state index contributed by atoms with van der Waals surface area (Å²) in [6.07, 6.45) is 1.69. The average molecular weight is 211 g/mol.